The summed E-state index contributed by atoms with van der Waals surface area (Å²) in [5.74, 6) is -0.719. The van der Waals surface area contributed by atoms with Gasteiger partial charge in [0.05, 0.1) is 6.61 Å². The Hall–Kier alpha value is -1.06. The summed E-state index contributed by atoms with van der Waals surface area (Å²) < 4.78 is 4.91. The SMILES string of the molecule is CC(C)CCCOC(=O)C(=O)NC1CCCC1. The molecule has 0 bridgehead atoms. The Kier molecular flexibility index (Phi) is 6.01. The van der Waals surface area contributed by atoms with Crippen LogP contribution in [0.5, 0.6) is 0 Å². The minimum absolute atomic E-state index is 0.172. The highest BCUT2D eigenvalue weighted by Gasteiger charge is 2.22. The van der Waals surface area contributed by atoms with Crippen molar-refractivity contribution in [2.24, 2.45) is 5.92 Å². The number of ether oxygens (including phenoxy) is 1. The Morgan fingerprint density at radius 3 is 2.53 bits per heavy atom. The Morgan fingerprint density at radius 2 is 1.94 bits per heavy atom. The Morgan fingerprint density at radius 1 is 1.29 bits per heavy atom. The molecule has 0 atom stereocenters. The van der Waals surface area contributed by atoms with Crippen molar-refractivity contribution in [1.82, 2.24) is 5.32 Å². The number of carbonyl (C=O) groups excluding carboxylic acids is 2. The summed E-state index contributed by atoms with van der Waals surface area (Å²) in [6.07, 6.45) is 6.05. The minimum Gasteiger partial charge on any atom is -0.459 e. The molecular weight excluding hydrogens is 218 g/mol. The van der Waals surface area contributed by atoms with Gasteiger partial charge in [0.15, 0.2) is 0 Å². The molecule has 1 aliphatic carbocycles. The average Bonchev–Trinajstić information content (AvgIpc) is 2.76. The monoisotopic (exact) mass is 241 g/mol. The number of hydrogen-bond donors (Lipinski definition) is 1. The second-order valence-electron chi connectivity index (χ2n) is 5.13. The van der Waals surface area contributed by atoms with Gasteiger partial charge in [-0.3, -0.25) is 4.79 Å². The van der Waals surface area contributed by atoms with E-state index in [4.69, 9.17) is 4.74 Å². The third-order valence-corrected chi connectivity index (χ3v) is 3.03. The molecule has 0 spiro atoms. The van der Waals surface area contributed by atoms with Crippen molar-refractivity contribution in [2.45, 2.75) is 58.4 Å². The molecule has 0 heterocycles. The molecule has 1 saturated carbocycles. The van der Waals surface area contributed by atoms with Gasteiger partial charge in [0.25, 0.3) is 0 Å². The first kappa shape index (κ1) is 14.0. The van der Waals surface area contributed by atoms with Crippen molar-refractivity contribution in [2.75, 3.05) is 6.61 Å². The van der Waals surface area contributed by atoms with E-state index in [9.17, 15) is 9.59 Å². The Bertz CT molecular complexity index is 257. The molecule has 1 rings (SSSR count). The summed E-state index contributed by atoms with van der Waals surface area (Å²) in [4.78, 5) is 22.8. The maximum atomic E-state index is 11.4. The molecule has 1 amide bonds. The normalized spacial score (nSPS) is 16.2. The fourth-order valence-corrected chi connectivity index (χ4v) is 2.04. The van der Waals surface area contributed by atoms with E-state index in [0.29, 0.717) is 12.5 Å². The maximum absolute atomic E-state index is 11.4. The minimum atomic E-state index is -0.736. The summed E-state index contributed by atoms with van der Waals surface area (Å²) in [5, 5.41) is 2.71. The quantitative estimate of drug-likeness (QED) is 0.455. The number of nitrogens with one attached hydrogen (secondary N) is 1. The molecule has 0 unspecified atom stereocenters. The van der Waals surface area contributed by atoms with Crippen LogP contribution in [0.15, 0.2) is 0 Å². The molecule has 98 valence electrons. The van der Waals surface area contributed by atoms with Crippen molar-refractivity contribution in [3.05, 3.63) is 0 Å². The second-order valence-corrected chi connectivity index (χ2v) is 5.13. The largest absolute Gasteiger partial charge is 0.459 e. The van der Waals surface area contributed by atoms with E-state index in [-0.39, 0.29) is 6.04 Å². The van der Waals surface area contributed by atoms with Gasteiger partial charge in [0.2, 0.25) is 0 Å². The zero-order valence-corrected chi connectivity index (χ0v) is 10.8. The van der Waals surface area contributed by atoms with Crippen LogP contribution < -0.4 is 5.32 Å². The number of amides is 1. The number of esters is 1. The first-order chi connectivity index (χ1) is 8.09. The smallest absolute Gasteiger partial charge is 0.396 e. The highest BCUT2D eigenvalue weighted by atomic mass is 16.5. The van der Waals surface area contributed by atoms with Crippen LogP contribution in [0.3, 0.4) is 0 Å². The highest BCUT2D eigenvalue weighted by Crippen LogP contribution is 2.17. The van der Waals surface area contributed by atoms with Gasteiger partial charge in [-0.05, 0) is 31.6 Å². The molecule has 0 saturated heterocycles. The van der Waals surface area contributed by atoms with Gasteiger partial charge in [-0.1, -0.05) is 26.7 Å². The fraction of sp³-hybridized carbons (Fsp3) is 0.846. The van der Waals surface area contributed by atoms with E-state index in [1.807, 2.05) is 0 Å². The lowest BCUT2D eigenvalue weighted by Gasteiger charge is -2.11. The Labute approximate surface area is 103 Å². The summed E-state index contributed by atoms with van der Waals surface area (Å²) >= 11 is 0. The van der Waals surface area contributed by atoms with Crippen LogP contribution in [0.2, 0.25) is 0 Å². The molecule has 4 nitrogen and oxygen atoms in total. The van der Waals surface area contributed by atoms with Crippen molar-refractivity contribution >= 4 is 11.9 Å². The first-order valence-electron chi connectivity index (χ1n) is 6.57. The molecule has 0 aromatic heterocycles. The standard InChI is InChI=1S/C13H23NO3/c1-10(2)6-5-9-17-13(16)12(15)14-11-7-3-4-8-11/h10-11H,3-9H2,1-2H3,(H,14,15). The summed E-state index contributed by atoms with van der Waals surface area (Å²) in [6, 6.07) is 0.172. The van der Waals surface area contributed by atoms with Crippen LogP contribution in [0, 0.1) is 5.92 Å². The molecule has 4 heteroatoms. The molecule has 1 fully saturated rings. The van der Waals surface area contributed by atoms with Gasteiger partial charge in [0.1, 0.15) is 0 Å². The Balaban J connectivity index is 2.11. The molecule has 1 aliphatic rings. The van der Waals surface area contributed by atoms with Crippen LogP contribution in [0.4, 0.5) is 0 Å². The molecule has 0 aliphatic heterocycles. The van der Waals surface area contributed by atoms with Gasteiger partial charge in [0, 0.05) is 6.04 Å². The number of rotatable bonds is 5. The third-order valence-electron chi connectivity index (χ3n) is 3.03. The van der Waals surface area contributed by atoms with Crippen LogP contribution in [-0.2, 0) is 14.3 Å². The lowest BCUT2D eigenvalue weighted by atomic mass is 10.1. The maximum Gasteiger partial charge on any atom is 0.396 e. The van der Waals surface area contributed by atoms with Crippen molar-refractivity contribution in [1.29, 1.82) is 0 Å². The zero-order chi connectivity index (χ0) is 12.7. The third kappa shape index (κ3) is 5.71. The van der Waals surface area contributed by atoms with Crippen LogP contribution >= 0.6 is 0 Å². The van der Waals surface area contributed by atoms with Crippen molar-refractivity contribution < 1.29 is 14.3 Å². The van der Waals surface area contributed by atoms with E-state index in [2.05, 4.69) is 19.2 Å². The molecule has 0 aromatic rings. The van der Waals surface area contributed by atoms with E-state index >= 15 is 0 Å². The second kappa shape index (κ2) is 7.30. The fourth-order valence-electron chi connectivity index (χ4n) is 2.04. The average molecular weight is 241 g/mol. The van der Waals surface area contributed by atoms with Crippen molar-refractivity contribution in [3.8, 4) is 0 Å². The lowest BCUT2D eigenvalue weighted by Crippen LogP contribution is -2.38. The van der Waals surface area contributed by atoms with Gasteiger partial charge in [-0.15, -0.1) is 0 Å². The summed E-state index contributed by atoms with van der Waals surface area (Å²) in [7, 11) is 0. The van der Waals surface area contributed by atoms with Gasteiger partial charge < -0.3 is 10.1 Å². The van der Waals surface area contributed by atoms with Crippen LogP contribution in [0.1, 0.15) is 52.4 Å². The first-order valence-corrected chi connectivity index (χ1v) is 6.57. The number of hydrogen-bond acceptors (Lipinski definition) is 3. The molecule has 1 N–H and O–H groups in total. The summed E-state index contributed by atoms with van der Waals surface area (Å²) in [5.41, 5.74) is 0. The summed E-state index contributed by atoms with van der Waals surface area (Å²) in [6.45, 7) is 4.58. The highest BCUT2D eigenvalue weighted by molar-refractivity contribution is 6.32. The molecule has 0 aromatic carbocycles. The predicted octanol–water partition coefficient (Wildman–Crippen LogP) is 2.02. The van der Waals surface area contributed by atoms with Crippen LogP contribution in [-0.4, -0.2) is 24.5 Å². The van der Waals surface area contributed by atoms with E-state index in [0.717, 1.165) is 38.5 Å². The lowest BCUT2D eigenvalue weighted by molar-refractivity contribution is -0.155. The van der Waals surface area contributed by atoms with Gasteiger partial charge in [-0.25, -0.2) is 4.79 Å². The number of carbonyl (C=O) groups is 2. The zero-order valence-electron chi connectivity index (χ0n) is 10.8. The van der Waals surface area contributed by atoms with E-state index in [1.165, 1.54) is 0 Å². The molecule has 0 radical (unpaired) electrons. The topological polar surface area (TPSA) is 55.4 Å². The molecule has 17 heavy (non-hydrogen) atoms. The van der Waals surface area contributed by atoms with Crippen molar-refractivity contribution in [3.63, 3.8) is 0 Å². The van der Waals surface area contributed by atoms with Gasteiger partial charge in [-0.2, -0.15) is 0 Å². The van der Waals surface area contributed by atoms with Crippen LogP contribution in [0.25, 0.3) is 0 Å². The molecular formula is C13H23NO3. The van der Waals surface area contributed by atoms with E-state index < -0.39 is 11.9 Å². The van der Waals surface area contributed by atoms with Gasteiger partial charge >= 0.3 is 11.9 Å². The predicted molar refractivity (Wildman–Crippen MR) is 65.4 cm³/mol. The van der Waals surface area contributed by atoms with E-state index in [1.54, 1.807) is 0 Å².